The van der Waals surface area contributed by atoms with Crippen LogP contribution in [0.1, 0.15) is 41.5 Å². The van der Waals surface area contributed by atoms with E-state index in [1.807, 2.05) is 33.9 Å². The number of carbonyl (C=O) groups is 2. The summed E-state index contributed by atoms with van der Waals surface area (Å²) >= 11 is 0. The van der Waals surface area contributed by atoms with Gasteiger partial charge >= 0.3 is 11.9 Å². The molecular formula is C26H34O8Si. The predicted octanol–water partition coefficient (Wildman–Crippen LogP) is 3.54. The van der Waals surface area contributed by atoms with Crippen LogP contribution in [-0.2, 0) is 18.6 Å². The average Bonchev–Trinajstić information content (AvgIpc) is 3.06. The molecule has 1 saturated heterocycles. The van der Waals surface area contributed by atoms with Gasteiger partial charge in [0.05, 0.1) is 17.7 Å². The zero-order chi connectivity index (χ0) is 25.9. The second kappa shape index (κ2) is 10.6. The second-order valence-electron chi connectivity index (χ2n) is 10.2. The van der Waals surface area contributed by atoms with E-state index in [4.69, 9.17) is 18.6 Å². The first-order valence-electron chi connectivity index (χ1n) is 11.5. The summed E-state index contributed by atoms with van der Waals surface area (Å²) in [6.45, 7) is 9.48. The summed E-state index contributed by atoms with van der Waals surface area (Å²) in [6, 6.07) is 16.6. The molecule has 0 spiro atoms. The van der Waals surface area contributed by atoms with Crippen LogP contribution in [0.15, 0.2) is 60.7 Å². The third kappa shape index (κ3) is 6.36. The summed E-state index contributed by atoms with van der Waals surface area (Å²) in [5.41, 5.74) is 0.605. The number of aliphatic hydroxyl groups excluding tert-OH is 1. The molecule has 1 unspecified atom stereocenters. The lowest BCUT2D eigenvalue weighted by Gasteiger charge is -2.38. The minimum absolute atomic E-state index is 0.142. The van der Waals surface area contributed by atoms with E-state index in [-0.39, 0.29) is 23.8 Å². The summed E-state index contributed by atoms with van der Waals surface area (Å²) in [5, 5.41) is 22.0. The third-order valence-electron chi connectivity index (χ3n) is 6.58. The molecule has 1 heterocycles. The van der Waals surface area contributed by atoms with E-state index in [9.17, 15) is 19.8 Å². The maximum Gasteiger partial charge on any atom is 0.338 e. The van der Waals surface area contributed by atoms with E-state index in [1.54, 1.807) is 60.7 Å². The maximum absolute atomic E-state index is 12.7. The molecule has 4 atom stereocenters. The van der Waals surface area contributed by atoms with E-state index < -0.39 is 44.4 Å². The van der Waals surface area contributed by atoms with Gasteiger partial charge in [0.25, 0.3) is 0 Å². The molecule has 8 nitrogen and oxygen atoms in total. The van der Waals surface area contributed by atoms with Crippen molar-refractivity contribution in [2.75, 3.05) is 13.2 Å². The first-order valence-corrected chi connectivity index (χ1v) is 14.5. The molecule has 35 heavy (non-hydrogen) atoms. The van der Waals surface area contributed by atoms with Crippen molar-refractivity contribution in [2.24, 2.45) is 0 Å². The van der Waals surface area contributed by atoms with E-state index >= 15 is 0 Å². The van der Waals surface area contributed by atoms with Gasteiger partial charge in [-0.2, -0.15) is 0 Å². The van der Waals surface area contributed by atoms with Gasteiger partial charge < -0.3 is 28.8 Å². The van der Waals surface area contributed by atoms with Gasteiger partial charge in [-0.25, -0.2) is 9.59 Å². The minimum atomic E-state index is -2.30. The zero-order valence-electron chi connectivity index (χ0n) is 20.8. The molecule has 0 aromatic heterocycles. The SMILES string of the molecule is CC(C)(C)[Si](C)(C)OCC1(O)O[C@H](COC(=O)c2ccccc2)[C@@H](OC(=O)c2ccccc2)[C@@H]1O. The van der Waals surface area contributed by atoms with Gasteiger partial charge in [0, 0.05) is 0 Å². The van der Waals surface area contributed by atoms with Gasteiger partial charge in [0.1, 0.15) is 18.8 Å². The highest BCUT2D eigenvalue weighted by Crippen LogP contribution is 2.39. The Bertz CT molecular complexity index is 1010. The summed E-state index contributed by atoms with van der Waals surface area (Å²) in [4.78, 5) is 25.1. The van der Waals surface area contributed by atoms with Crippen LogP contribution in [0.3, 0.4) is 0 Å². The van der Waals surface area contributed by atoms with Crippen LogP contribution in [0.5, 0.6) is 0 Å². The van der Waals surface area contributed by atoms with Crippen molar-refractivity contribution < 1.29 is 38.4 Å². The molecule has 2 aromatic rings. The Kier molecular flexibility index (Phi) is 8.18. The predicted molar refractivity (Wildman–Crippen MR) is 131 cm³/mol. The van der Waals surface area contributed by atoms with Crippen molar-refractivity contribution in [2.45, 2.75) is 63.0 Å². The monoisotopic (exact) mass is 502 g/mol. The molecule has 2 aromatic carbocycles. The Balaban J connectivity index is 1.78. The van der Waals surface area contributed by atoms with Crippen molar-refractivity contribution in [3.8, 4) is 0 Å². The maximum atomic E-state index is 12.7. The molecule has 0 radical (unpaired) electrons. The van der Waals surface area contributed by atoms with Crippen molar-refractivity contribution in [3.05, 3.63) is 71.8 Å². The molecule has 0 aliphatic carbocycles. The fourth-order valence-corrected chi connectivity index (χ4v) is 4.33. The van der Waals surface area contributed by atoms with Crippen molar-refractivity contribution in [3.63, 3.8) is 0 Å². The highest BCUT2D eigenvalue weighted by molar-refractivity contribution is 6.74. The molecule has 0 saturated carbocycles. The third-order valence-corrected chi connectivity index (χ3v) is 11.1. The van der Waals surface area contributed by atoms with Crippen LogP contribution in [0, 0.1) is 0 Å². The number of ether oxygens (including phenoxy) is 3. The molecule has 1 aliphatic heterocycles. The number of benzene rings is 2. The van der Waals surface area contributed by atoms with E-state index in [2.05, 4.69) is 0 Å². The lowest BCUT2D eigenvalue weighted by molar-refractivity contribution is -0.245. The lowest BCUT2D eigenvalue weighted by Crippen LogP contribution is -2.52. The molecule has 0 bridgehead atoms. The van der Waals surface area contributed by atoms with Crippen molar-refractivity contribution >= 4 is 20.3 Å². The van der Waals surface area contributed by atoms with Gasteiger partial charge in [0.2, 0.25) is 5.79 Å². The van der Waals surface area contributed by atoms with Crippen LogP contribution in [0.25, 0.3) is 0 Å². The van der Waals surface area contributed by atoms with Crippen LogP contribution < -0.4 is 0 Å². The topological polar surface area (TPSA) is 112 Å². The van der Waals surface area contributed by atoms with Crippen molar-refractivity contribution in [1.29, 1.82) is 0 Å². The largest absolute Gasteiger partial charge is 0.459 e. The Morgan fingerprint density at radius 1 is 0.971 bits per heavy atom. The second-order valence-corrected chi connectivity index (χ2v) is 15.0. The summed E-state index contributed by atoms with van der Waals surface area (Å²) in [5.74, 6) is -3.46. The van der Waals surface area contributed by atoms with Gasteiger partial charge in [-0.1, -0.05) is 57.2 Å². The molecular weight excluding hydrogens is 468 g/mol. The Labute approximate surface area is 206 Å². The zero-order valence-corrected chi connectivity index (χ0v) is 21.8. The highest BCUT2D eigenvalue weighted by atomic mass is 28.4. The van der Waals surface area contributed by atoms with Crippen LogP contribution in [0.4, 0.5) is 0 Å². The molecule has 3 rings (SSSR count). The number of carbonyl (C=O) groups excluding carboxylic acids is 2. The van der Waals surface area contributed by atoms with E-state index in [1.165, 1.54) is 0 Å². The van der Waals surface area contributed by atoms with Gasteiger partial charge in [-0.05, 0) is 42.4 Å². The molecule has 190 valence electrons. The number of hydrogen-bond acceptors (Lipinski definition) is 8. The number of esters is 2. The lowest BCUT2D eigenvalue weighted by atomic mass is 10.1. The molecule has 2 N–H and O–H groups in total. The van der Waals surface area contributed by atoms with Gasteiger partial charge in [-0.15, -0.1) is 0 Å². The summed E-state index contributed by atoms with van der Waals surface area (Å²) < 4.78 is 22.7. The van der Waals surface area contributed by atoms with Crippen LogP contribution in [0.2, 0.25) is 18.1 Å². The first kappa shape index (κ1) is 27.0. The summed E-state index contributed by atoms with van der Waals surface area (Å²) in [6.07, 6.45) is -4.03. The molecule has 0 amide bonds. The Morgan fingerprint density at radius 3 is 2.00 bits per heavy atom. The first-order chi connectivity index (χ1) is 16.3. The standard InChI is InChI=1S/C26H34O8Si/c1-25(2,3)35(4,5)32-17-26(30)22(27)21(33-24(29)19-14-10-7-11-15-19)20(34-26)16-31-23(28)18-12-8-6-9-13-18/h6-15,20-22,27,30H,16-17H2,1-5H3/t20-,21-,22+,26?/m1/s1. The van der Waals surface area contributed by atoms with Crippen molar-refractivity contribution in [1.82, 2.24) is 0 Å². The smallest absolute Gasteiger partial charge is 0.338 e. The normalized spacial score (nSPS) is 24.7. The van der Waals surface area contributed by atoms with E-state index in [0.29, 0.717) is 5.56 Å². The molecule has 9 heteroatoms. The Morgan fingerprint density at radius 2 is 1.49 bits per heavy atom. The minimum Gasteiger partial charge on any atom is -0.459 e. The van der Waals surface area contributed by atoms with Crippen LogP contribution >= 0.6 is 0 Å². The quantitative estimate of drug-likeness (QED) is 0.417. The molecule has 1 aliphatic rings. The highest BCUT2D eigenvalue weighted by Gasteiger charge is 2.57. The van der Waals surface area contributed by atoms with Crippen LogP contribution in [-0.4, -0.2) is 67.8 Å². The average molecular weight is 503 g/mol. The summed E-state index contributed by atoms with van der Waals surface area (Å²) in [7, 11) is -2.30. The number of aliphatic hydroxyl groups is 2. The van der Waals surface area contributed by atoms with Gasteiger partial charge in [0.15, 0.2) is 14.4 Å². The fourth-order valence-electron chi connectivity index (χ4n) is 3.33. The Hall–Kier alpha value is -2.56. The fraction of sp³-hybridized carbons (Fsp3) is 0.462. The number of rotatable bonds is 8. The van der Waals surface area contributed by atoms with Gasteiger partial charge in [-0.3, -0.25) is 0 Å². The molecule has 1 fully saturated rings. The number of hydrogen-bond donors (Lipinski definition) is 2. The van der Waals surface area contributed by atoms with E-state index in [0.717, 1.165) is 0 Å².